The molecule has 1 fully saturated rings. The highest BCUT2D eigenvalue weighted by Crippen LogP contribution is 2.47. The summed E-state index contributed by atoms with van der Waals surface area (Å²) in [6, 6.07) is 14.7. The van der Waals surface area contributed by atoms with Crippen molar-refractivity contribution in [2.24, 2.45) is 0 Å². The Balaban J connectivity index is 1.78. The zero-order chi connectivity index (χ0) is 25.6. The van der Waals surface area contributed by atoms with Crippen LogP contribution in [0.1, 0.15) is 22.7 Å². The molecule has 1 aromatic heterocycles. The number of nitrogens with zero attached hydrogens (tertiary/aromatic N) is 2. The first-order valence-electron chi connectivity index (χ1n) is 11.0. The van der Waals surface area contributed by atoms with E-state index in [1.54, 1.807) is 18.2 Å². The fourth-order valence-corrected chi connectivity index (χ4v) is 5.35. The largest absolute Gasteiger partial charge is 0.507 e. The molecule has 2 heterocycles. The third-order valence-corrected chi connectivity index (χ3v) is 7.05. The highest BCUT2D eigenvalue weighted by atomic mass is 32.1. The Morgan fingerprint density at radius 1 is 1.03 bits per heavy atom. The first kappa shape index (κ1) is 23.5. The summed E-state index contributed by atoms with van der Waals surface area (Å²) in [5.41, 5.74) is 2.17. The second kappa shape index (κ2) is 9.09. The number of rotatable bonds is 5. The monoisotopic (exact) mass is 504 g/mol. The molecule has 1 aliphatic heterocycles. The second-order valence-electron chi connectivity index (χ2n) is 8.25. The Hall–Kier alpha value is -4.24. The van der Waals surface area contributed by atoms with Crippen LogP contribution in [0.2, 0.25) is 0 Å². The number of ether oxygens (including phenoxy) is 2. The number of Topliss-reactive ketones (excluding diaryl/α,β-unsaturated/α-hetero) is 1. The lowest BCUT2D eigenvalue weighted by Gasteiger charge is -2.25. The van der Waals surface area contributed by atoms with Gasteiger partial charge in [-0.05, 0) is 67.1 Å². The van der Waals surface area contributed by atoms with Crippen LogP contribution in [0.15, 0.2) is 66.2 Å². The van der Waals surface area contributed by atoms with Crippen molar-refractivity contribution < 1.29 is 28.6 Å². The van der Waals surface area contributed by atoms with Crippen LogP contribution < -0.4 is 14.4 Å². The van der Waals surface area contributed by atoms with E-state index in [2.05, 4.69) is 4.98 Å². The highest BCUT2D eigenvalue weighted by molar-refractivity contribution is 7.22. The molecule has 5 rings (SSSR count). The molecule has 0 bridgehead atoms. The third kappa shape index (κ3) is 3.87. The zero-order valence-corrected chi connectivity index (χ0v) is 20.4. The maximum Gasteiger partial charge on any atom is 0.301 e. The normalized spacial score (nSPS) is 17.1. The number of methoxy groups -OCH3 is 2. The summed E-state index contributed by atoms with van der Waals surface area (Å²) in [4.78, 5) is 32.7. The number of thiazole rings is 1. The lowest BCUT2D eigenvalue weighted by atomic mass is 9.94. The fourth-order valence-electron chi connectivity index (χ4n) is 4.26. The van der Waals surface area contributed by atoms with Gasteiger partial charge in [0.15, 0.2) is 5.13 Å². The minimum Gasteiger partial charge on any atom is -0.507 e. The maximum atomic E-state index is 13.5. The van der Waals surface area contributed by atoms with Crippen LogP contribution in [-0.2, 0) is 9.59 Å². The summed E-state index contributed by atoms with van der Waals surface area (Å²) in [5.74, 6) is -1.80. The number of aryl methyl sites for hydroxylation is 1. The molecule has 1 saturated heterocycles. The van der Waals surface area contributed by atoms with Crippen molar-refractivity contribution in [2.45, 2.75) is 13.0 Å². The zero-order valence-electron chi connectivity index (χ0n) is 19.6. The molecule has 0 spiro atoms. The molecular formula is C27H21FN2O5S. The number of amides is 1. The SMILES string of the molecule is COc1ccc(OC)c(C2C(=C(O)c3ccc(F)cc3)C(=O)C(=O)N2c2nc3ccc(C)cc3s2)c1. The number of aliphatic hydroxyl groups excluding tert-OH is 1. The van der Waals surface area contributed by atoms with Crippen LogP contribution in [0.5, 0.6) is 11.5 Å². The lowest BCUT2D eigenvalue weighted by molar-refractivity contribution is -0.132. The fraction of sp³-hybridized carbons (Fsp3) is 0.148. The highest BCUT2D eigenvalue weighted by Gasteiger charge is 2.49. The van der Waals surface area contributed by atoms with E-state index in [4.69, 9.17) is 9.47 Å². The number of aromatic nitrogens is 1. The number of halogens is 1. The number of ketones is 1. The number of anilines is 1. The van der Waals surface area contributed by atoms with Crippen molar-refractivity contribution in [3.63, 3.8) is 0 Å². The third-order valence-electron chi connectivity index (χ3n) is 6.03. The van der Waals surface area contributed by atoms with Crippen molar-refractivity contribution in [2.75, 3.05) is 19.1 Å². The van der Waals surface area contributed by atoms with Crippen molar-refractivity contribution in [1.29, 1.82) is 0 Å². The summed E-state index contributed by atoms with van der Waals surface area (Å²) in [7, 11) is 2.97. The Labute approximate surface area is 210 Å². The number of fused-ring (bicyclic) bond motifs is 1. The summed E-state index contributed by atoms with van der Waals surface area (Å²) in [6.45, 7) is 1.95. The molecule has 0 saturated carbocycles. The number of benzene rings is 3. The number of carbonyl (C=O) groups excluding carboxylic acids is 2. The van der Waals surface area contributed by atoms with Gasteiger partial charge in [-0.2, -0.15) is 0 Å². The topological polar surface area (TPSA) is 89.0 Å². The van der Waals surface area contributed by atoms with Gasteiger partial charge in [-0.25, -0.2) is 9.37 Å². The molecule has 0 radical (unpaired) electrons. The van der Waals surface area contributed by atoms with E-state index >= 15 is 0 Å². The van der Waals surface area contributed by atoms with Crippen molar-refractivity contribution in [3.8, 4) is 11.5 Å². The van der Waals surface area contributed by atoms with Gasteiger partial charge >= 0.3 is 5.91 Å². The molecule has 4 aromatic rings. The van der Waals surface area contributed by atoms with Gasteiger partial charge in [0.2, 0.25) is 0 Å². The average molecular weight is 505 g/mol. The Bertz CT molecular complexity index is 1540. The number of hydrogen-bond donors (Lipinski definition) is 1. The van der Waals surface area contributed by atoms with Gasteiger partial charge in [-0.3, -0.25) is 14.5 Å². The van der Waals surface area contributed by atoms with E-state index in [9.17, 15) is 19.1 Å². The molecule has 1 aliphatic rings. The molecule has 1 N–H and O–H groups in total. The van der Waals surface area contributed by atoms with Gasteiger partial charge in [0.05, 0.1) is 30.0 Å². The molecule has 9 heteroatoms. The van der Waals surface area contributed by atoms with E-state index in [1.807, 2.05) is 25.1 Å². The van der Waals surface area contributed by atoms with Crippen LogP contribution in [0.4, 0.5) is 9.52 Å². The van der Waals surface area contributed by atoms with Crippen LogP contribution in [0, 0.1) is 12.7 Å². The molecule has 36 heavy (non-hydrogen) atoms. The average Bonchev–Trinajstić information content (AvgIpc) is 3.41. The van der Waals surface area contributed by atoms with Crippen molar-refractivity contribution >= 4 is 44.1 Å². The minimum absolute atomic E-state index is 0.159. The summed E-state index contributed by atoms with van der Waals surface area (Å²) in [6.07, 6.45) is 0. The molecule has 0 aliphatic carbocycles. The van der Waals surface area contributed by atoms with Crippen LogP contribution in [0.25, 0.3) is 16.0 Å². The standard InChI is InChI=1S/C27H21FN2O5S/c1-14-4-10-19-21(12-14)36-27(29-19)30-23(18-13-17(34-2)9-11-20(18)35-3)22(25(32)26(30)33)24(31)15-5-7-16(28)8-6-15/h4-13,23,31H,1-3H3. The molecular weight excluding hydrogens is 483 g/mol. The predicted octanol–water partition coefficient (Wildman–Crippen LogP) is 5.39. The molecule has 182 valence electrons. The van der Waals surface area contributed by atoms with Gasteiger partial charge in [0, 0.05) is 11.1 Å². The molecule has 1 amide bonds. The maximum absolute atomic E-state index is 13.5. The van der Waals surface area contributed by atoms with Crippen LogP contribution >= 0.6 is 11.3 Å². The van der Waals surface area contributed by atoms with E-state index < -0.39 is 29.3 Å². The van der Waals surface area contributed by atoms with Crippen molar-refractivity contribution in [1.82, 2.24) is 4.98 Å². The van der Waals surface area contributed by atoms with Crippen LogP contribution in [0.3, 0.4) is 0 Å². The summed E-state index contributed by atoms with van der Waals surface area (Å²) >= 11 is 1.26. The van der Waals surface area contributed by atoms with E-state index in [1.165, 1.54) is 54.7 Å². The number of carbonyl (C=O) groups is 2. The lowest BCUT2D eigenvalue weighted by Crippen LogP contribution is -2.29. The van der Waals surface area contributed by atoms with Gasteiger partial charge in [0.1, 0.15) is 29.1 Å². The van der Waals surface area contributed by atoms with Crippen LogP contribution in [-0.4, -0.2) is 36.0 Å². The molecule has 1 atom stereocenters. The Morgan fingerprint density at radius 2 is 1.78 bits per heavy atom. The molecule has 3 aromatic carbocycles. The number of aliphatic hydroxyl groups is 1. The predicted molar refractivity (Wildman–Crippen MR) is 135 cm³/mol. The second-order valence-corrected chi connectivity index (χ2v) is 9.26. The Kier molecular flexibility index (Phi) is 5.93. The van der Waals surface area contributed by atoms with Gasteiger partial charge in [0.25, 0.3) is 5.78 Å². The first-order chi connectivity index (χ1) is 17.3. The summed E-state index contributed by atoms with van der Waals surface area (Å²) < 4.78 is 25.3. The Morgan fingerprint density at radius 3 is 2.47 bits per heavy atom. The first-order valence-corrected chi connectivity index (χ1v) is 11.8. The quantitative estimate of drug-likeness (QED) is 0.223. The minimum atomic E-state index is -1.07. The molecule has 7 nitrogen and oxygen atoms in total. The van der Waals surface area contributed by atoms with E-state index in [0.717, 1.165) is 10.3 Å². The van der Waals surface area contributed by atoms with Gasteiger partial charge in [-0.15, -0.1) is 0 Å². The smallest absolute Gasteiger partial charge is 0.301 e. The van der Waals surface area contributed by atoms with E-state index in [-0.39, 0.29) is 11.1 Å². The number of hydrogen-bond acceptors (Lipinski definition) is 7. The van der Waals surface area contributed by atoms with Crippen molar-refractivity contribution in [3.05, 3.63) is 88.7 Å². The van der Waals surface area contributed by atoms with Gasteiger partial charge in [-0.1, -0.05) is 17.4 Å². The summed E-state index contributed by atoms with van der Waals surface area (Å²) in [5, 5.41) is 11.5. The van der Waals surface area contributed by atoms with Gasteiger partial charge < -0.3 is 14.6 Å². The van der Waals surface area contributed by atoms with E-state index in [0.29, 0.717) is 27.7 Å². The molecule has 1 unspecified atom stereocenters.